The van der Waals surface area contributed by atoms with Crippen molar-refractivity contribution >= 4 is 17.3 Å². The number of nitrogens with zero attached hydrogens (tertiary/aromatic N) is 1. The van der Waals surface area contributed by atoms with Crippen molar-refractivity contribution in [1.29, 1.82) is 0 Å². The van der Waals surface area contributed by atoms with Crippen LogP contribution in [0.4, 0.5) is 0 Å². The van der Waals surface area contributed by atoms with Gasteiger partial charge in [-0.25, -0.2) is 4.98 Å². The third-order valence-corrected chi connectivity index (χ3v) is 2.28. The normalized spacial score (nSPS) is 12.5. The molecule has 0 spiro atoms. The summed E-state index contributed by atoms with van der Waals surface area (Å²) in [5.74, 6) is -0.262. The van der Waals surface area contributed by atoms with Gasteiger partial charge in [0.2, 0.25) is 0 Å². The monoisotopic (exact) mass is 200 g/mol. The van der Waals surface area contributed by atoms with E-state index in [1.54, 1.807) is 16.8 Å². The minimum absolute atomic E-state index is 0.0883. The van der Waals surface area contributed by atoms with E-state index in [1.807, 2.05) is 12.3 Å². The van der Waals surface area contributed by atoms with Crippen LogP contribution in [0.3, 0.4) is 0 Å². The van der Waals surface area contributed by atoms with Gasteiger partial charge in [0.25, 0.3) is 0 Å². The molecule has 1 N–H and O–H groups in total. The average Bonchev–Trinajstić information content (AvgIpc) is 2.66. The van der Waals surface area contributed by atoms with Crippen LogP contribution < -0.4 is 5.32 Å². The van der Waals surface area contributed by atoms with Crippen molar-refractivity contribution in [3.8, 4) is 0 Å². The molecule has 0 saturated carbocycles. The SMILES string of the molecule is COC(=O)CNC(C)c1cscn1. The van der Waals surface area contributed by atoms with Crippen LogP contribution in [0.25, 0.3) is 0 Å². The minimum Gasteiger partial charge on any atom is -0.468 e. The molecule has 0 bridgehead atoms. The number of rotatable bonds is 4. The molecule has 13 heavy (non-hydrogen) atoms. The lowest BCUT2D eigenvalue weighted by Gasteiger charge is -2.09. The average molecular weight is 200 g/mol. The molecule has 0 aliphatic heterocycles. The van der Waals surface area contributed by atoms with E-state index < -0.39 is 0 Å². The van der Waals surface area contributed by atoms with E-state index in [2.05, 4.69) is 15.0 Å². The fourth-order valence-corrected chi connectivity index (χ4v) is 1.50. The van der Waals surface area contributed by atoms with Crippen molar-refractivity contribution in [3.05, 3.63) is 16.6 Å². The summed E-state index contributed by atoms with van der Waals surface area (Å²) >= 11 is 1.54. The van der Waals surface area contributed by atoms with Crippen LogP contribution in [0.15, 0.2) is 10.9 Å². The van der Waals surface area contributed by atoms with Crippen LogP contribution in [-0.4, -0.2) is 24.6 Å². The molecule has 0 fully saturated rings. The number of carbonyl (C=O) groups excluding carboxylic acids is 1. The highest BCUT2D eigenvalue weighted by Crippen LogP contribution is 2.10. The van der Waals surface area contributed by atoms with Crippen molar-refractivity contribution < 1.29 is 9.53 Å². The molecule has 0 amide bonds. The maximum absolute atomic E-state index is 10.8. The Kier molecular flexibility index (Phi) is 3.85. The van der Waals surface area contributed by atoms with Crippen molar-refractivity contribution in [2.24, 2.45) is 0 Å². The first-order chi connectivity index (χ1) is 6.24. The molecule has 1 atom stereocenters. The van der Waals surface area contributed by atoms with Crippen LogP contribution in [-0.2, 0) is 9.53 Å². The summed E-state index contributed by atoms with van der Waals surface area (Å²) in [4.78, 5) is 14.9. The van der Waals surface area contributed by atoms with Crippen molar-refractivity contribution in [3.63, 3.8) is 0 Å². The Labute approximate surface area is 80.9 Å². The van der Waals surface area contributed by atoms with Crippen molar-refractivity contribution in [2.75, 3.05) is 13.7 Å². The van der Waals surface area contributed by atoms with Gasteiger partial charge in [0.15, 0.2) is 0 Å². The summed E-state index contributed by atoms with van der Waals surface area (Å²) in [6.07, 6.45) is 0. The number of hydrogen-bond donors (Lipinski definition) is 1. The number of hydrogen-bond acceptors (Lipinski definition) is 5. The van der Waals surface area contributed by atoms with Crippen molar-refractivity contribution in [1.82, 2.24) is 10.3 Å². The molecule has 5 heteroatoms. The standard InChI is InChI=1S/C8H12N2O2S/c1-6(7-4-13-5-10-7)9-3-8(11)12-2/h4-6,9H,3H2,1-2H3. The smallest absolute Gasteiger partial charge is 0.319 e. The van der Waals surface area contributed by atoms with Gasteiger partial charge in [-0.05, 0) is 6.92 Å². The van der Waals surface area contributed by atoms with E-state index >= 15 is 0 Å². The van der Waals surface area contributed by atoms with Gasteiger partial charge in [0.05, 0.1) is 24.9 Å². The van der Waals surface area contributed by atoms with E-state index in [-0.39, 0.29) is 18.6 Å². The molecule has 4 nitrogen and oxygen atoms in total. The first-order valence-electron chi connectivity index (χ1n) is 3.92. The molecule has 0 saturated heterocycles. The third kappa shape index (κ3) is 3.12. The zero-order chi connectivity index (χ0) is 9.68. The van der Waals surface area contributed by atoms with Gasteiger partial charge >= 0.3 is 5.97 Å². The minimum atomic E-state index is -0.262. The van der Waals surface area contributed by atoms with E-state index in [9.17, 15) is 4.79 Å². The lowest BCUT2D eigenvalue weighted by atomic mass is 10.2. The van der Waals surface area contributed by atoms with E-state index in [0.717, 1.165) is 5.69 Å². The highest BCUT2D eigenvalue weighted by molar-refractivity contribution is 7.07. The number of carbonyl (C=O) groups is 1. The third-order valence-electron chi connectivity index (χ3n) is 1.68. The molecule has 0 aliphatic rings. The Morgan fingerprint density at radius 1 is 1.85 bits per heavy atom. The Bertz CT molecular complexity index is 261. The predicted molar refractivity (Wildman–Crippen MR) is 50.5 cm³/mol. The number of methoxy groups -OCH3 is 1. The fraction of sp³-hybridized carbons (Fsp3) is 0.500. The predicted octanol–water partition coefficient (Wildman–Crippen LogP) is 0.967. The summed E-state index contributed by atoms with van der Waals surface area (Å²) in [7, 11) is 1.37. The van der Waals surface area contributed by atoms with Gasteiger partial charge in [-0.2, -0.15) is 0 Å². The topological polar surface area (TPSA) is 51.2 Å². The molecule has 1 aromatic heterocycles. The van der Waals surface area contributed by atoms with Crippen LogP contribution >= 0.6 is 11.3 Å². The number of nitrogens with one attached hydrogen (secondary N) is 1. The molecule has 1 rings (SSSR count). The number of thiazole rings is 1. The summed E-state index contributed by atoms with van der Waals surface area (Å²) in [6.45, 7) is 2.17. The number of ether oxygens (including phenoxy) is 1. The van der Waals surface area contributed by atoms with Gasteiger partial charge in [0, 0.05) is 11.4 Å². The Morgan fingerprint density at radius 3 is 3.15 bits per heavy atom. The highest BCUT2D eigenvalue weighted by Gasteiger charge is 2.08. The van der Waals surface area contributed by atoms with E-state index in [1.165, 1.54) is 7.11 Å². The van der Waals surface area contributed by atoms with E-state index in [0.29, 0.717) is 0 Å². The second-order valence-corrected chi connectivity index (χ2v) is 3.31. The zero-order valence-corrected chi connectivity index (χ0v) is 8.43. The Morgan fingerprint density at radius 2 is 2.62 bits per heavy atom. The largest absolute Gasteiger partial charge is 0.468 e. The maximum Gasteiger partial charge on any atom is 0.319 e. The molecule has 0 aliphatic carbocycles. The highest BCUT2D eigenvalue weighted by atomic mass is 32.1. The lowest BCUT2D eigenvalue weighted by molar-refractivity contribution is -0.139. The molecule has 72 valence electrons. The van der Waals surface area contributed by atoms with Gasteiger partial charge in [-0.15, -0.1) is 11.3 Å². The van der Waals surface area contributed by atoms with E-state index in [4.69, 9.17) is 0 Å². The number of esters is 1. The first kappa shape index (κ1) is 10.1. The molecule has 1 aromatic rings. The van der Waals surface area contributed by atoms with Crippen LogP contribution in [0.1, 0.15) is 18.7 Å². The zero-order valence-electron chi connectivity index (χ0n) is 7.61. The maximum atomic E-state index is 10.8. The van der Waals surface area contributed by atoms with Gasteiger partial charge in [-0.1, -0.05) is 0 Å². The van der Waals surface area contributed by atoms with Gasteiger partial charge in [0.1, 0.15) is 0 Å². The second-order valence-electron chi connectivity index (χ2n) is 2.59. The quantitative estimate of drug-likeness (QED) is 0.736. The van der Waals surface area contributed by atoms with Gasteiger partial charge < -0.3 is 4.74 Å². The Hall–Kier alpha value is -0.940. The molecule has 0 aromatic carbocycles. The molecule has 0 radical (unpaired) electrons. The Balaban J connectivity index is 2.34. The number of aromatic nitrogens is 1. The summed E-state index contributed by atoms with van der Waals surface area (Å²) in [5.41, 5.74) is 2.72. The fourth-order valence-electron chi connectivity index (χ4n) is 0.849. The molecule has 1 heterocycles. The van der Waals surface area contributed by atoms with Crippen LogP contribution in [0.2, 0.25) is 0 Å². The summed E-state index contributed by atoms with van der Waals surface area (Å²) < 4.78 is 4.50. The van der Waals surface area contributed by atoms with Crippen molar-refractivity contribution in [2.45, 2.75) is 13.0 Å². The van der Waals surface area contributed by atoms with Crippen LogP contribution in [0.5, 0.6) is 0 Å². The first-order valence-corrected chi connectivity index (χ1v) is 4.86. The molecular weight excluding hydrogens is 188 g/mol. The summed E-state index contributed by atoms with van der Waals surface area (Å²) in [6, 6.07) is 0.0883. The summed E-state index contributed by atoms with van der Waals surface area (Å²) in [5, 5.41) is 4.96. The molecule has 1 unspecified atom stereocenters. The van der Waals surface area contributed by atoms with Crippen LogP contribution in [0, 0.1) is 0 Å². The second kappa shape index (κ2) is 4.94. The van der Waals surface area contributed by atoms with Gasteiger partial charge in [-0.3, -0.25) is 10.1 Å². The lowest BCUT2D eigenvalue weighted by Crippen LogP contribution is -2.26. The molecular formula is C8H12N2O2S.